The molecule has 100 valence electrons. The summed E-state index contributed by atoms with van der Waals surface area (Å²) in [6.07, 6.45) is 2.94. The van der Waals surface area contributed by atoms with Crippen LogP contribution < -0.4 is 5.32 Å². The van der Waals surface area contributed by atoms with Gasteiger partial charge in [-0.1, -0.05) is 11.3 Å². The average molecular weight is 279 g/mol. The van der Waals surface area contributed by atoms with Gasteiger partial charge in [-0.2, -0.15) is 5.10 Å². The van der Waals surface area contributed by atoms with Gasteiger partial charge < -0.3 is 4.74 Å². The van der Waals surface area contributed by atoms with Crippen molar-refractivity contribution in [1.82, 2.24) is 20.4 Å². The van der Waals surface area contributed by atoms with Crippen LogP contribution in [0.2, 0.25) is 0 Å². The first-order chi connectivity index (χ1) is 9.28. The molecular formula is C11H13N5O2S. The van der Waals surface area contributed by atoms with Crippen LogP contribution in [0.15, 0.2) is 0 Å². The van der Waals surface area contributed by atoms with Gasteiger partial charge in [0.15, 0.2) is 5.69 Å². The fourth-order valence-electron chi connectivity index (χ4n) is 2.15. The van der Waals surface area contributed by atoms with Gasteiger partial charge in [0, 0.05) is 18.4 Å². The summed E-state index contributed by atoms with van der Waals surface area (Å²) in [5, 5.41) is 18.7. The minimum Gasteiger partial charge on any atom is -0.377 e. The molecule has 2 aromatic heterocycles. The third kappa shape index (κ3) is 2.36. The molecule has 2 heterocycles. The highest BCUT2D eigenvalue weighted by atomic mass is 32.1. The van der Waals surface area contributed by atoms with Crippen LogP contribution >= 0.6 is 11.3 Å². The predicted octanol–water partition coefficient (Wildman–Crippen LogP) is 1.15. The number of nitrogens with zero attached hydrogens (tertiary/aromatic N) is 3. The maximum atomic E-state index is 12.1. The number of ether oxygens (including phenoxy) is 1. The number of aryl methyl sites for hydroxylation is 1. The minimum absolute atomic E-state index is 0.237. The molecule has 2 aromatic rings. The summed E-state index contributed by atoms with van der Waals surface area (Å²) in [6.45, 7) is 0.394. The Morgan fingerprint density at radius 2 is 2.37 bits per heavy atom. The lowest BCUT2D eigenvalue weighted by molar-refractivity contribution is 0.102. The van der Waals surface area contributed by atoms with E-state index in [1.54, 1.807) is 7.11 Å². The normalized spacial score (nSPS) is 13.5. The zero-order valence-electron chi connectivity index (χ0n) is 10.4. The van der Waals surface area contributed by atoms with Gasteiger partial charge in [0.25, 0.3) is 5.91 Å². The third-order valence-electron chi connectivity index (χ3n) is 2.98. The molecule has 2 N–H and O–H groups in total. The fourth-order valence-corrected chi connectivity index (χ4v) is 2.86. The molecule has 1 aliphatic carbocycles. The zero-order chi connectivity index (χ0) is 13.2. The summed E-state index contributed by atoms with van der Waals surface area (Å²) in [5.74, 6) is -0.237. The molecule has 0 bridgehead atoms. The average Bonchev–Trinajstić information content (AvgIpc) is 3.04. The van der Waals surface area contributed by atoms with E-state index >= 15 is 0 Å². The van der Waals surface area contributed by atoms with E-state index in [1.165, 1.54) is 11.3 Å². The van der Waals surface area contributed by atoms with Gasteiger partial charge in [-0.15, -0.1) is 10.2 Å². The SMILES string of the molecule is COCc1nnc(NC(=O)c2n[nH]c3c2CCC3)s1. The van der Waals surface area contributed by atoms with Crippen molar-refractivity contribution in [3.8, 4) is 0 Å². The molecule has 0 radical (unpaired) electrons. The van der Waals surface area contributed by atoms with Crippen molar-refractivity contribution < 1.29 is 9.53 Å². The summed E-state index contributed by atoms with van der Waals surface area (Å²) in [6, 6.07) is 0. The second-order valence-corrected chi connectivity index (χ2v) is 5.33. The number of carbonyl (C=O) groups is 1. The largest absolute Gasteiger partial charge is 0.377 e. The van der Waals surface area contributed by atoms with Crippen LogP contribution in [0.5, 0.6) is 0 Å². The molecule has 19 heavy (non-hydrogen) atoms. The molecule has 0 unspecified atom stereocenters. The van der Waals surface area contributed by atoms with Gasteiger partial charge >= 0.3 is 0 Å². The maximum Gasteiger partial charge on any atom is 0.278 e. The lowest BCUT2D eigenvalue weighted by atomic mass is 10.2. The van der Waals surface area contributed by atoms with Gasteiger partial charge in [0.2, 0.25) is 5.13 Å². The van der Waals surface area contributed by atoms with Crippen LogP contribution in [-0.2, 0) is 24.2 Å². The number of aromatic nitrogens is 4. The molecule has 1 amide bonds. The second kappa shape index (κ2) is 5.06. The summed E-state index contributed by atoms with van der Waals surface area (Å²) in [7, 11) is 1.59. The van der Waals surface area contributed by atoms with Crippen molar-refractivity contribution in [2.24, 2.45) is 0 Å². The van der Waals surface area contributed by atoms with E-state index < -0.39 is 0 Å². The van der Waals surface area contributed by atoms with E-state index in [0.29, 0.717) is 17.4 Å². The lowest BCUT2D eigenvalue weighted by Crippen LogP contribution is -2.14. The van der Waals surface area contributed by atoms with E-state index in [0.717, 1.165) is 35.5 Å². The van der Waals surface area contributed by atoms with E-state index in [-0.39, 0.29) is 5.91 Å². The number of anilines is 1. The Hall–Kier alpha value is -1.80. The Morgan fingerprint density at radius 3 is 3.21 bits per heavy atom. The molecule has 8 heteroatoms. The predicted molar refractivity (Wildman–Crippen MR) is 69.2 cm³/mol. The molecule has 7 nitrogen and oxygen atoms in total. The summed E-state index contributed by atoms with van der Waals surface area (Å²) in [5.41, 5.74) is 2.57. The maximum absolute atomic E-state index is 12.1. The van der Waals surface area contributed by atoms with Crippen LogP contribution in [0, 0.1) is 0 Å². The van der Waals surface area contributed by atoms with E-state index in [2.05, 4.69) is 25.7 Å². The van der Waals surface area contributed by atoms with Gasteiger partial charge in [-0.3, -0.25) is 15.2 Å². The summed E-state index contributed by atoms with van der Waals surface area (Å²) < 4.78 is 4.96. The highest BCUT2D eigenvalue weighted by molar-refractivity contribution is 7.15. The van der Waals surface area contributed by atoms with Crippen molar-refractivity contribution in [3.63, 3.8) is 0 Å². The number of hydrogen-bond donors (Lipinski definition) is 2. The van der Waals surface area contributed by atoms with Gasteiger partial charge in [0.1, 0.15) is 11.6 Å². The van der Waals surface area contributed by atoms with E-state index in [9.17, 15) is 4.79 Å². The smallest absolute Gasteiger partial charge is 0.278 e. The minimum atomic E-state index is -0.237. The fraction of sp³-hybridized carbons (Fsp3) is 0.455. The van der Waals surface area contributed by atoms with Gasteiger partial charge in [-0.25, -0.2) is 0 Å². The first kappa shape index (κ1) is 12.2. The lowest BCUT2D eigenvalue weighted by Gasteiger charge is -1.99. The highest BCUT2D eigenvalue weighted by Gasteiger charge is 2.23. The molecule has 0 saturated carbocycles. The number of aromatic amines is 1. The number of fused-ring (bicyclic) bond motifs is 1. The highest BCUT2D eigenvalue weighted by Crippen LogP contribution is 2.24. The number of amides is 1. The first-order valence-electron chi connectivity index (χ1n) is 5.96. The van der Waals surface area contributed by atoms with Crippen LogP contribution in [-0.4, -0.2) is 33.4 Å². The first-order valence-corrected chi connectivity index (χ1v) is 6.78. The van der Waals surface area contributed by atoms with Crippen molar-refractivity contribution in [2.45, 2.75) is 25.9 Å². The number of carbonyl (C=O) groups excluding carboxylic acids is 1. The van der Waals surface area contributed by atoms with Crippen LogP contribution in [0.3, 0.4) is 0 Å². The Labute approximate surface area is 113 Å². The topological polar surface area (TPSA) is 92.8 Å². The van der Waals surface area contributed by atoms with E-state index in [4.69, 9.17) is 4.74 Å². The molecule has 0 aliphatic heterocycles. The molecule has 0 spiro atoms. The number of nitrogens with one attached hydrogen (secondary N) is 2. The van der Waals surface area contributed by atoms with E-state index in [1.807, 2.05) is 0 Å². The number of H-pyrrole nitrogens is 1. The molecule has 0 fully saturated rings. The standard InChI is InChI=1S/C11H13N5O2S/c1-18-5-8-14-16-11(19-8)12-10(17)9-6-3-2-4-7(6)13-15-9/h2-5H2,1H3,(H,13,15)(H,12,16,17). The molecule has 0 aromatic carbocycles. The van der Waals surface area contributed by atoms with Crippen molar-refractivity contribution in [3.05, 3.63) is 22.0 Å². The molecular weight excluding hydrogens is 266 g/mol. The number of rotatable bonds is 4. The molecule has 1 aliphatic rings. The summed E-state index contributed by atoms with van der Waals surface area (Å²) in [4.78, 5) is 12.1. The number of hydrogen-bond acceptors (Lipinski definition) is 6. The Kier molecular flexibility index (Phi) is 3.26. The molecule has 0 atom stereocenters. The Bertz CT molecular complexity index is 606. The zero-order valence-corrected chi connectivity index (χ0v) is 11.2. The van der Waals surface area contributed by atoms with Gasteiger partial charge in [0.05, 0.1) is 0 Å². The van der Waals surface area contributed by atoms with Crippen molar-refractivity contribution >= 4 is 22.4 Å². The van der Waals surface area contributed by atoms with Crippen molar-refractivity contribution in [1.29, 1.82) is 0 Å². The van der Waals surface area contributed by atoms with Gasteiger partial charge in [-0.05, 0) is 19.3 Å². The third-order valence-corrected chi connectivity index (χ3v) is 3.79. The Morgan fingerprint density at radius 1 is 1.47 bits per heavy atom. The quantitative estimate of drug-likeness (QED) is 0.875. The van der Waals surface area contributed by atoms with Crippen LogP contribution in [0.4, 0.5) is 5.13 Å². The van der Waals surface area contributed by atoms with Crippen molar-refractivity contribution in [2.75, 3.05) is 12.4 Å². The summed E-state index contributed by atoms with van der Waals surface area (Å²) >= 11 is 1.30. The monoisotopic (exact) mass is 279 g/mol. The molecule has 3 rings (SSSR count). The Balaban J connectivity index is 1.73. The van der Waals surface area contributed by atoms with Crippen LogP contribution in [0.1, 0.15) is 33.2 Å². The second-order valence-electron chi connectivity index (χ2n) is 4.27. The molecule has 0 saturated heterocycles. The van der Waals surface area contributed by atoms with Crippen LogP contribution in [0.25, 0.3) is 0 Å². The number of methoxy groups -OCH3 is 1.